The van der Waals surface area contributed by atoms with Crippen LogP contribution in [-0.4, -0.2) is 36.3 Å². The van der Waals surface area contributed by atoms with Crippen LogP contribution >= 0.6 is 0 Å². The summed E-state index contributed by atoms with van der Waals surface area (Å²) in [6, 6.07) is 0. The summed E-state index contributed by atoms with van der Waals surface area (Å²) < 4.78 is 0. The van der Waals surface area contributed by atoms with Gasteiger partial charge in [-0.05, 0) is 25.5 Å². The van der Waals surface area contributed by atoms with Gasteiger partial charge in [-0.15, -0.1) is 0 Å². The van der Waals surface area contributed by atoms with Crippen LogP contribution in [0.4, 0.5) is 0 Å². The fraction of sp³-hybridized carbons (Fsp3) is 0.538. The predicted octanol–water partition coefficient (Wildman–Crippen LogP) is 2.22. The first kappa shape index (κ1) is 15.7. The summed E-state index contributed by atoms with van der Waals surface area (Å²) >= 11 is 0. The number of allylic oxidation sites excluding steroid dienone is 1. The maximum absolute atomic E-state index is 11.5. The molecule has 0 aliphatic rings. The molecular formula is C13H22BNO2. The quantitative estimate of drug-likeness (QED) is 0.454. The van der Waals surface area contributed by atoms with Gasteiger partial charge in [-0.1, -0.05) is 32.7 Å². The van der Waals surface area contributed by atoms with Gasteiger partial charge in [-0.2, -0.15) is 0 Å². The molecule has 0 fully saturated rings. The Bertz CT molecular complexity index is 261. The predicted molar refractivity (Wildman–Crippen MR) is 73.3 cm³/mol. The molecule has 0 spiro atoms. The molecule has 3 nitrogen and oxygen atoms in total. The standard InChI is InChI=1S/C13H22BNO2/c1-5-12(16)14(7-3)10-9-11-15(8-4)13(17)6-2/h5-6H,1-2,7-11H2,3-4H3. The lowest BCUT2D eigenvalue weighted by molar-refractivity contribution is -0.125. The van der Waals surface area contributed by atoms with Gasteiger partial charge in [0.2, 0.25) is 12.6 Å². The maximum Gasteiger partial charge on any atom is 0.245 e. The molecule has 0 N–H and O–H groups in total. The summed E-state index contributed by atoms with van der Waals surface area (Å²) in [5, 5.41) is 0. The molecule has 0 bridgehead atoms. The van der Waals surface area contributed by atoms with Gasteiger partial charge in [0.25, 0.3) is 0 Å². The molecule has 0 heterocycles. The average Bonchev–Trinajstić information content (AvgIpc) is 2.37. The zero-order valence-electron chi connectivity index (χ0n) is 10.9. The first-order valence-corrected chi connectivity index (χ1v) is 6.18. The number of hydrogen-bond donors (Lipinski definition) is 0. The lowest BCUT2D eigenvalue weighted by Crippen LogP contribution is -2.31. The minimum Gasteiger partial charge on any atom is -0.339 e. The van der Waals surface area contributed by atoms with Crippen LogP contribution < -0.4 is 0 Å². The van der Waals surface area contributed by atoms with Crippen molar-refractivity contribution in [1.29, 1.82) is 0 Å². The topological polar surface area (TPSA) is 37.4 Å². The number of rotatable bonds is 9. The van der Waals surface area contributed by atoms with E-state index in [0.717, 1.165) is 19.1 Å². The second-order valence-corrected chi connectivity index (χ2v) is 3.98. The molecule has 0 saturated heterocycles. The van der Waals surface area contributed by atoms with Crippen molar-refractivity contribution in [2.45, 2.75) is 32.9 Å². The van der Waals surface area contributed by atoms with E-state index in [4.69, 9.17) is 0 Å². The third-order valence-electron chi connectivity index (χ3n) is 2.94. The second-order valence-electron chi connectivity index (χ2n) is 3.98. The monoisotopic (exact) mass is 235 g/mol. The number of likely N-dealkylation sites (N-methyl/N-ethyl adjacent to an activating group) is 1. The number of carbonyl (C=O) groups excluding carboxylic acids is 2. The Hall–Kier alpha value is -1.32. The van der Waals surface area contributed by atoms with E-state index in [9.17, 15) is 9.59 Å². The first-order valence-electron chi connectivity index (χ1n) is 6.18. The second kappa shape index (κ2) is 8.79. The summed E-state index contributed by atoms with van der Waals surface area (Å²) in [6.07, 6.45) is 5.19. The number of amides is 1. The zero-order valence-corrected chi connectivity index (χ0v) is 10.9. The van der Waals surface area contributed by atoms with Crippen molar-refractivity contribution in [3.63, 3.8) is 0 Å². The molecule has 0 aliphatic carbocycles. The van der Waals surface area contributed by atoms with E-state index >= 15 is 0 Å². The summed E-state index contributed by atoms with van der Waals surface area (Å²) in [5.41, 5.74) is 0.102. The van der Waals surface area contributed by atoms with Gasteiger partial charge in [-0.3, -0.25) is 4.79 Å². The Balaban J connectivity index is 4.10. The van der Waals surface area contributed by atoms with E-state index in [2.05, 4.69) is 13.2 Å². The summed E-state index contributed by atoms with van der Waals surface area (Å²) in [7, 11) is 0. The normalized spacial score (nSPS) is 9.53. The molecule has 4 heteroatoms. The molecule has 0 unspecified atom stereocenters. The molecular weight excluding hydrogens is 213 g/mol. The molecule has 0 aromatic rings. The first-order chi connectivity index (χ1) is 8.10. The van der Waals surface area contributed by atoms with Crippen LogP contribution in [-0.2, 0) is 9.59 Å². The highest BCUT2D eigenvalue weighted by atomic mass is 16.2. The van der Waals surface area contributed by atoms with E-state index in [1.165, 1.54) is 12.2 Å². The Morgan fingerprint density at radius 1 is 1.24 bits per heavy atom. The van der Waals surface area contributed by atoms with Crippen LogP contribution in [0.2, 0.25) is 12.6 Å². The number of nitrogens with zero attached hydrogens (tertiary/aromatic N) is 1. The van der Waals surface area contributed by atoms with Crippen molar-refractivity contribution in [2.24, 2.45) is 0 Å². The van der Waals surface area contributed by atoms with E-state index in [1.54, 1.807) is 4.90 Å². The SMILES string of the molecule is C=CC(=O)B(CC)CCCN(CC)C(=O)C=C. The van der Waals surface area contributed by atoms with Gasteiger partial charge < -0.3 is 9.69 Å². The lowest BCUT2D eigenvalue weighted by Gasteiger charge is -2.19. The highest BCUT2D eigenvalue weighted by molar-refractivity contribution is 6.91. The molecule has 1 amide bonds. The largest absolute Gasteiger partial charge is 0.339 e. The molecule has 0 atom stereocenters. The van der Waals surface area contributed by atoms with Crippen molar-refractivity contribution in [3.8, 4) is 0 Å². The molecule has 0 radical (unpaired) electrons. The molecule has 0 aromatic carbocycles. The van der Waals surface area contributed by atoms with Gasteiger partial charge >= 0.3 is 0 Å². The summed E-state index contributed by atoms with van der Waals surface area (Å²) in [6.45, 7) is 12.3. The Morgan fingerprint density at radius 2 is 1.88 bits per heavy atom. The smallest absolute Gasteiger partial charge is 0.245 e. The van der Waals surface area contributed by atoms with Gasteiger partial charge in [0.1, 0.15) is 5.68 Å². The van der Waals surface area contributed by atoms with E-state index in [0.29, 0.717) is 13.1 Å². The minimum absolute atomic E-state index is 0.0457. The van der Waals surface area contributed by atoms with Crippen molar-refractivity contribution in [3.05, 3.63) is 25.3 Å². The molecule has 0 saturated carbocycles. The lowest BCUT2D eigenvalue weighted by atomic mass is 9.42. The van der Waals surface area contributed by atoms with Gasteiger partial charge in [0.15, 0.2) is 0 Å². The number of hydrogen-bond acceptors (Lipinski definition) is 2. The van der Waals surface area contributed by atoms with E-state index < -0.39 is 0 Å². The minimum atomic E-state index is -0.0457. The van der Waals surface area contributed by atoms with Crippen LogP contribution in [0, 0.1) is 0 Å². The van der Waals surface area contributed by atoms with Gasteiger partial charge in [0.05, 0.1) is 0 Å². The Kier molecular flexibility index (Phi) is 8.11. The summed E-state index contributed by atoms with van der Waals surface area (Å²) in [4.78, 5) is 24.6. The van der Waals surface area contributed by atoms with Crippen molar-refractivity contribution >= 4 is 18.3 Å². The molecule has 17 heavy (non-hydrogen) atoms. The van der Waals surface area contributed by atoms with Crippen LogP contribution in [0.15, 0.2) is 25.3 Å². The molecule has 94 valence electrons. The van der Waals surface area contributed by atoms with Crippen molar-refractivity contribution < 1.29 is 9.59 Å². The maximum atomic E-state index is 11.5. The Labute approximate surface area is 105 Å². The van der Waals surface area contributed by atoms with Crippen molar-refractivity contribution in [1.82, 2.24) is 4.90 Å². The van der Waals surface area contributed by atoms with Crippen LogP contribution in [0.25, 0.3) is 0 Å². The van der Waals surface area contributed by atoms with E-state index in [-0.39, 0.29) is 18.3 Å². The summed E-state index contributed by atoms with van der Waals surface area (Å²) in [5.74, 6) is -0.0457. The molecule has 0 aromatic heterocycles. The fourth-order valence-corrected chi connectivity index (χ4v) is 1.80. The fourth-order valence-electron chi connectivity index (χ4n) is 1.80. The van der Waals surface area contributed by atoms with E-state index in [1.807, 2.05) is 13.8 Å². The van der Waals surface area contributed by atoms with Gasteiger partial charge in [0, 0.05) is 13.1 Å². The van der Waals surface area contributed by atoms with Crippen molar-refractivity contribution in [2.75, 3.05) is 13.1 Å². The highest BCUT2D eigenvalue weighted by Crippen LogP contribution is 2.06. The molecule has 0 rings (SSSR count). The average molecular weight is 235 g/mol. The zero-order chi connectivity index (χ0) is 13.3. The van der Waals surface area contributed by atoms with Crippen LogP contribution in [0.5, 0.6) is 0 Å². The number of carbonyl (C=O) groups is 2. The van der Waals surface area contributed by atoms with Crippen LogP contribution in [0.1, 0.15) is 20.3 Å². The highest BCUT2D eigenvalue weighted by Gasteiger charge is 2.18. The third-order valence-corrected chi connectivity index (χ3v) is 2.94. The van der Waals surface area contributed by atoms with Gasteiger partial charge in [-0.25, -0.2) is 0 Å². The van der Waals surface area contributed by atoms with Crippen LogP contribution in [0.3, 0.4) is 0 Å². The molecule has 0 aliphatic heterocycles. The third kappa shape index (κ3) is 5.52. The Morgan fingerprint density at radius 3 is 2.29 bits per heavy atom.